The zero-order chi connectivity index (χ0) is 33.8. The monoisotopic (exact) mass is 669 g/mol. The molecule has 1 amide bonds. The van der Waals surface area contributed by atoms with Crippen molar-refractivity contribution in [1.29, 1.82) is 0 Å². The number of anilines is 2. The number of likely N-dealkylation sites (N-methyl/N-ethyl adjacent to an activating group) is 1. The third kappa shape index (κ3) is 6.45. The van der Waals surface area contributed by atoms with Crippen molar-refractivity contribution in [3.8, 4) is 11.1 Å². The summed E-state index contributed by atoms with van der Waals surface area (Å²) in [6.07, 6.45) is -7.90. The zero-order valence-electron chi connectivity index (χ0n) is 25.9. The van der Waals surface area contributed by atoms with E-state index in [4.69, 9.17) is 4.74 Å². The maximum atomic E-state index is 14.1. The second-order valence-corrected chi connectivity index (χ2v) is 13.8. The van der Waals surface area contributed by atoms with E-state index in [0.29, 0.717) is 54.3 Å². The Morgan fingerprint density at radius 3 is 2.17 bits per heavy atom. The minimum Gasteiger partial charge on any atom is -0.363 e. The Morgan fingerprint density at radius 2 is 1.63 bits per heavy atom. The number of piperidine rings is 1. The number of hydrogen-bond acceptors (Lipinski definition) is 5. The first-order valence-electron chi connectivity index (χ1n) is 14.7. The van der Waals surface area contributed by atoms with E-state index < -0.39 is 46.2 Å². The highest BCUT2D eigenvalue weighted by atomic mass is 32.2. The number of thioether (sulfide) groups is 1. The number of amides is 1. The number of hydrogen-bond donors (Lipinski definition) is 0. The number of nitrogens with zero attached hydrogens (tertiary/aromatic N) is 3. The molecule has 13 heteroatoms. The van der Waals surface area contributed by atoms with Crippen LogP contribution in [0.15, 0.2) is 48.7 Å². The first kappa shape index (κ1) is 34.0. The number of halogens is 7. The number of ether oxygens (including phenoxy) is 1. The lowest BCUT2D eigenvalue weighted by molar-refractivity contribution is -0.143. The van der Waals surface area contributed by atoms with E-state index in [1.165, 1.54) is 44.1 Å². The highest BCUT2D eigenvalue weighted by molar-refractivity contribution is 8.00. The molecule has 248 valence electrons. The number of pyridine rings is 1. The minimum atomic E-state index is -5.07. The topological polar surface area (TPSA) is 45.7 Å². The molecule has 0 saturated carbocycles. The Hall–Kier alpha value is -3.32. The molecule has 2 aliphatic rings. The smallest absolute Gasteiger partial charge is 0.363 e. The summed E-state index contributed by atoms with van der Waals surface area (Å²) in [5, 5.41) is 0. The average Bonchev–Trinajstić information content (AvgIpc) is 3.46. The van der Waals surface area contributed by atoms with Crippen molar-refractivity contribution in [2.45, 2.75) is 56.8 Å². The number of rotatable bonds is 5. The second kappa shape index (κ2) is 12.0. The molecule has 2 fully saturated rings. The zero-order valence-corrected chi connectivity index (χ0v) is 26.8. The van der Waals surface area contributed by atoms with Crippen molar-refractivity contribution >= 4 is 29.2 Å². The summed E-state index contributed by atoms with van der Waals surface area (Å²) in [6, 6.07) is 7.15. The molecule has 0 bridgehead atoms. The molecular formula is C33H34F7N3O2S. The van der Waals surface area contributed by atoms with Gasteiger partial charge >= 0.3 is 12.4 Å². The molecule has 0 radical (unpaired) electrons. The predicted octanol–water partition coefficient (Wildman–Crippen LogP) is 8.48. The minimum absolute atomic E-state index is 0.0344. The predicted molar refractivity (Wildman–Crippen MR) is 164 cm³/mol. The largest absolute Gasteiger partial charge is 0.416 e. The molecule has 0 aliphatic carbocycles. The van der Waals surface area contributed by atoms with Crippen LogP contribution < -0.4 is 9.80 Å². The van der Waals surface area contributed by atoms with E-state index >= 15 is 0 Å². The van der Waals surface area contributed by atoms with Crippen molar-refractivity contribution in [3.63, 3.8) is 0 Å². The summed E-state index contributed by atoms with van der Waals surface area (Å²) in [7, 11) is 1.39. The molecule has 46 heavy (non-hydrogen) atoms. The van der Waals surface area contributed by atoms with Crippen LogP contribution in [-0.4, -0.2) is 48.3 Å². The third-order valence-electron chi connectivity index (χ3n) is 8.93. The SMILES string of the molecule is Cc1cc(F)ccc1-c1cc(N2CCC3(OCCS3)[C@@H](C)C2)ncc1N(C)C(=O)C(C)(C)c1cc(C(F)(F)F)cc(C(F)(F)F)c1. The summed E-state index contributed by atoms with van der Waals surface area (Å²) in [5.41, 5.74) is -3.36. The van der Waals surface area contributed by atoms with Gasteiger partial charge in [0.25, 0.3) is 0 Å². The van der Waals surface area contributed by atoms with Crippen LogP contribution in [0.1, 0.15) is 49.4 Å². The van der Waals surface area contributed by atoms with Gasteiger partial charge < -0.3 is 14.5 Å². The fourth-order valence-electron chi connectivity index (χ4n) is 6.20. The van der Waals surface area contributed by atoms with E-state index in [-0.39, 0.29) is 22.6 Å². The van der Waals surface area contributed by atoms with Crippen molar-refractivity contribution in [2.24, 2.45) is 5.92 Å². The Bertz CT molecular complexity index is 1600. The van der Waals surface area contributed by atoms with Gasteiger partial charge in [-0.15, -0.1) is 11.8 Å². The summed E-state index contributed by atoms with van der Waals surface area (Å²) < 4.78 is 102. The van der Waals surface area contributed by atoms with Gasteiger partial charge in [-0.2, -0.15) is 26.3 Å². The van der Waals surface area contributed by atoms with Crippen molar-refractivity contribution < 1.29 is 40.3 Å². The van der Waals surface area contributed by atoms with Crippen LogP contribution in [0.25, 0.3) is 11.1 Å². The standard InChI is InChI=1S/C33H34F7N3O2S/c1-19-12-24(34)6-7-25(19)26-16-28(43-9-8-31(20(2)18-43)45-10-11-46-31)41-17-27(26)42(5)29(44)30(3,4)21-13-22(32(35,36)37)15-23(14-21)33(38,39)40/h6-7,12-17,20H,8-11,18H2,1-5H3/t20-,31?/m0/s1. The average molecular weight is 670 g/mol. The van der Waals surface area contributed by atoms with E-state index in [1.54, 1.807) is 19.1 Å². The van der Waals surface area contributed by atoms with Gasteiger partial charge in [-0.3, -0.25) is 4.79 Å². The molecule has 2 aromatic carbocycles. The van der Waals surface area contributed by atoms with Gasteiger partial charge in [0, 0.05) is 43.8 Å². The molecule has 1 aromatic heterocycles. The molecule has 3 aromatic rings. The number of carbonyl (C=O) groups excluding carboxylic acids is 1. The number of aromatic nitrogens is 1. The molecular weight excluding hydrogens is 635 g/mol. The van der Waals surface area contributed by atoms with Crippen molar-refractivity contribution in [3.05, 3.63) is 76.7 Å². The van der Waals surface area contributed by atoms with Crippen LogP contribution in [0.4, 0.5) is 42.2 Å². The quantitative estimate of drug-likeness (QED) is 0.255. The lowest BCUT2D eigenvalue weighted by Gasteiger charge is -2.43. The maximum Gasteiger partial charge on any atom is 0.416 e. The molecule has 2 atom stereocenters. The Labute approximate surface area is 267 Å². The van der Waals surface area contributed by atoms with E-state index in [1.807, 2.05) is 11.8 Å². The van der Waals surface area contributed by atoms with Crippen molar-refractivity contribution in [1.82, 2.24) is 4.98 Å². The number of carbonyl (C=O) groups is 1. The molecule has 2 saturated heterocycles. The summed E-state index contributed by atoms with van der Waals surface area (Å²) in [5.74, 6) is 0.502. The maximum absolute atomic E-state index is 14.1. The number of aryl methyl sites for hydroxylation is 1. The van der Waals surface area contributed by atoms with Crippen LogP contribution in [0.5, 0.6) is 0 Å². The van der Waals surface area contributed by atoms with Gasteiger partial charge in [-0.05, 0) is 73.9 Å². The first-order valence-corrected chi connectivity index (χ1v) is 15.7. The fraction of sp³-hybridized carbons (Fsp3) is 0.455. The van der Waals surface area contributed by atoms with Gasteiger partial charge in [0.2, 0.25) is 5.91 Å². The van der Waals surface area contributed by atoms with Crippen LogP contribution in [-0.2, 0) is 27.3 Å². The number of alkyl halides is 6. The van der Waals surface area contributed by atoms with Gasteiger partial charge in [0.05, 0.1) is 35.0 Å². The fourth-order valence-corrected chi connectivity index (χ4v) is 7.47. The van der Waals surface area contributed by atoms with Crippen LogP contribution >= 0.6 is 11.8 Å². The normalized spacial score (nSPS) is 20.8. The Morgan fingerprint density at radius 1 is 1.00 bits per heavy atom. The summed E-state index contributed by atoms with van der Waals surface area (Å²) >= 11 is 1.81. The van der Waals surface area contributed by atoms with Gasteiger partial charge in [-0.25, -0.2) is 9.37 Å². The molecule has 0 N–H and O–H groups in total. The highest BCUT2D eigenvalue weighted by Gasteiger charge is 2.45. The van der Waals surface area contributed by atoms with Crippen molar-refractivity contribution in [2.75, 3.05) is 42.3 Å². The second-order valence-electron chi connectivity index (χ2n) is 12.4. The molecule has 3 heterocycles. The Balaban J connectivity index is 1.55. The van der Waals surface area contributed by atoms with Crippen LogP contribution in [0.3, 0.4) is 0 Å². The highest BCUT2D eigenvalue weighted by Crippen LogP contribution is 2.46. The summed E-state index contributed by atoms with van der Waals surface area (Å²) in [4.78, 5) is 21.7. The lowest BCUT2D eigenvalue weighted by atomic mass is 9.81. The van der Waals surface area contributed by atoms with Gasteiger partial charge in [0.15, 0.2) is 0 Å². The lowest BCUT2D eigenvalue weighted by Crippen LogP contribution is -2.49. The third-order valence-corrected chi connectivity index (χ3v) is 10.5. The molecule has 1 spiro atoms. The first-order chi connectivity index (χ1) is 21.3. The van der Waals surface area contributed by atoms with Crippen LogP contribution in [0, 0.1) is 18.7 Å². The molecule has 2 aliphatic heterocycles. The number of benzene rings is 2. The molecule has 5 rings (SSSR count). The van der Waals surface area contributed by atoms with E-state index in [2.05, 4.69) is 16.8 Å². The molecule has 1 unspecified atom stereocenters. The summed E-state index contributed by atoms with van der Waals surface area (Å²) in [6.45, 7) is 8.39. The van der Waals surface area contributed by atoms with E-state index in [0.717, 1.165) is 12.2 Å². The van der Waals surface area contributed by atoms with Crippen LogP contribution in [0.2, 0.25) is 0 Å². The Kier molecular flexibility index (Phi) is 8.91. The van der Waals surface area contributed by atoms with Gasteiger partial charge in [0.1, 0.15) is 16.6 Å². The van der Waals surface area contributed by atoms with E-state index in [9.17, 15) is 35.5 Å². The van der Waals surface area contributed by atoms with Gasteiger partial charge in [-0.1, -0.05) is 13.0 Å². The molecule has 5 nitrogen and oxygen atoms in total.